The fourth-order valence-corrected chi connectivity index (χ4v) is 2.79. The van der Waals surface area contributed by atoms with Crippen LogP contribution in [-0.4, -0.2) is 29.9 Å². The zero-order valence-corrected chi connectivity index (χ0v) is 11.0. The lowest BCUT2D eigenvalue weighted by Crippen LogP contribution is -2.49. The molecule has 2 unspecified atom stereocenters. The number of benzene rings is 1. The van der Waals surface area contributed by atoms with E-state index < -0.39 is 0 Å². The van der Waals surface area contributed by atoms with Crippen LogP contribution in [-0.2, 0) is 0 Å². The first-order valence-corrected chi connectivity index (χ1v) is 6.80. The van der Waals surface area contributed by atoms with Crippen LogP contribution in [0.4, 0.5) is 0 Å². The Hall–Kier alpha value is -1.35. The number of piperidine rings is 1. The number of nitrogens with two attached hydrogens (primary N) is 1. The maximum atomic E-state index is 12.4. The molecule has 0 saturated carbocycles. The maximum absolute atomic E-state index is 12.4. The van der Waals surface area contributed by atoms with E-state index in [1.807, 2.05) is 35.2 Å². The summed E-state index contributed by atoms with van der Waals surface area (Å²) in [5, 5.41) is 0. The largest absolute Gasteiger partial charge is 0.337 e. The summed E-state index contributed by atoms with van der Waals surface area (Å²) in [6.07, 6.45) is 3.36. The molecule has 2 rings (SSSR count). The van der Waals surface area contributed by atoms with Gasteiger partial charge in [-0.3, -0.25) is 4.79 Å². The van der Waals surface area contributed by atoms with Gasteiger partial charge in [0.2, 0.25) is 0 Å². The lowest BCUT2D eigenvalue weighted by atomic mass is 9.90. The summed E-state index contributed by atoms with van der Waals surface area (Å²) in [6, 6.07) is 9.61. The molecule has 0 spiro atoms. The van der Waals surface area contributed by atoms with Gasteiger partial charge in [-0.15, -0.1) is 0 Å². The molecule has 2 atom stereocenters. The third kappa shape index (κ3) is 3.10. The molecule has 1 heterocycles. The molecule has 1 aliphatic heterocycles. The molecule has 98 valence electrons. The van der Waals surface area contributed by atoms with Gasteiger partial charge in [-0.25, -0.2) is 0 Å². The first kappa shape index (κ1) is 13.1. The van der Waals surface area contributed by atoms with Crippen molar-refractivity contribution in [1.82, 2.24) is 4.90 Å². The zero-order valence-electron chi connectivity index (χ0n) is 11.0. The highest BCUT2D eigenvalue weighted by Crippen LogP contribution is 2.21. The molecule has 2 N–H and O–H groups in total. The second-order valence-electron chi connectivity index (χ2n) is 5.23. The Balaban J connectivity index is 2.05. The van der Waals surface area contributed by atoms with Crippen molar-refractivity contribution in [2.45, 2.75) is 32.2 Å². The summed E-state index contributed by atoms with van der Waals surface area (Å²) < 4.78 is 0. The molecule has 0 bridgehead atoms. The van der Waals surface area contributed by atoms with Crippen LogP contribution in [0.1, 0.15) is 36.5 Å². The predicted molar refractivity (Wildman–Crippen MR) is 73.3 cm³/mol. The van der Waals surface area contributed by atoms with Gasteiger partial charge in [0.15, 0.2) is 0 Å². The summed E-state index contributed by atoms with van der Waals surface area (Å²) >= 11 is 0. The SMILES string of the molecule is CCCC1CC(N)CN(C(=O)c2ccccc2)C1. The van der Waals surface area contributed by atoms with Crippen LogP contribution in [0.3, 0.4) is 0 Å². The van der Waals surface area contributed by atoms with Crippen molar-refractivity contribution < 1.29 is 4.79 Å². The van der Waals surface area contributed by atoms with E-state index in [2.05, 4.69) is 6.92 Å². The number of carbonyl (C=O) groups is 1. The number of amides is 1. The minimum absolute atomic E-state index is 0.117. The summed E-state index contributed by atoms with van der Waals surface area (Å²) in [5.74, 6) is 0.679. The number of carbonyl (C=O) groups excluding carboxylic acids is 1. The molecule has 0 radical (unpaired) electrons. The summed E-state index contributed by atoms with van der Waals surface area (Å²) in [6.45, 7) is 3.73. The van der Waals surface area contributed by atoms with E-state index in [9.17, 15) is 4.79 Å². The third-order valence-corrected chi connectivity index (χ3v) is 3.57. The molecule has 1 aromatic rings. The smallest absolute Gasteiger partial charge is 0.253 e. The lowest BCUT2D eigenvalue weighted by molar-refractivity contribution is 0.0643. The van der Waals surface area contributed by atoms with Gasteiger partial charge in [-0.1, -0.05) is 31.5 Å². The van der Waals surface area contributed by atoms with E-state index in [1.54, 1.807) is 0 Å². The van der Waals surface area contributed by atoms with Crippen molar-refractivity contribution in [3.8, 4) is 0 Å². The van der Waals surface area contributed by atoms with Gasteiger partial charge >= 0.3 is 0 Å². The second-order valence-corrected chi connectivity index (χ2v) is 5.23. The highest BCUT2D eigenvalue weighted by atomic mass is 16.2. The Morgan fingerprint density at radius 1 is 1.33 bits per heavy atom. The van der Waals surface area contributed by atoms with Crippen molar-refractivity contribution in [1.29, 1.82) is 0 Å². The number of nitrogens with zero attached hydrogens (tertiary/aromatic N) is 1. The summed E-state index contributed by atoms with van der Waals surface area (Å²) in [7, 11) is 0. The fourth-order valence-electron chi connectivity index (χ4n) is 2.79. The van der Waals surface area contributed by atoms with Crippen molar-refractivity contribution in [2.24, 2.45) is 11.7 Å². The Kier molecular flexibility index (Phi) is 4.37. The Labute approximate surface area is 109 Å². The number of likely N-dealkylation sites (tertiary alicyclic amines) is 1. The fraction of sp³-hybridized carbons (Fsp3) is 0.533. The molecule has 1 aromatic carbocycles. The Morgan fingerprint density at radius 2 is 2.06 bits per heavy atom. The maximum Gasteiger partial charge on any atom is 0.253 e. The van der Waals surface area contributed by atoms with Crippen molar-refractivity contribution >= 4 is 5.91 Å². The van der Waals surface area contributed by atoms with Crippen LogP contribution >= 0.6 is 0 Å². The molecule has 18 heavy (non-hydrogen) atoms. The van der Waals surface area contributed by atoms with E-state index in [4.69, 9.17) is 5.73 Å². The molecular formula is C15H22N2O. The molecular weight excluding hydrogens is 224 g/mol. The van der Waals surface area contributed by atoms with Crippen molar-refractivity contribution in [3.63, 3.8) is 0 Å². The molecule has 3 nitrogen and oxygen atoms in total. The van der Waals surface area contributed by atoms with Crippen LogP contribution in [0.2, 0.25) is 0 Å². The van der Waals surface area contributed by atoms with Gasteiger partial charge in [0, 0.05) is 24.7 Å². The van der Waals surface area contributed by atoms with Crippen LogP contribution in [0, 0.1) is 5.92 Å². The summed E-state index contributed by atoms with van der Waals surface area (Å²) in [5.41, 5.74) is 6.83. The van der Waals surface area contributed by atoms with E-state index in [-0.39, 0.29) is 11.9 Å². The number of hydrogen-bond donors (Lipinski definition) is 1. The quantitative estimate of drug-likeness (QED) is 0.889. The zero-order chi connectivity index (χ0) is 13.0. The minimum Gasteiger partial charge on any atom is -0.337 e. The summed E-state index contributed by atoms with van der Waals surface area (Å²) in [4.78, 5) is 14.3. The van der Waals surface area contributed by atoms with Gasteiger partial charge in [0.1, 0.15) is 0 Å². The molecule has 0 aliphatic carbocycles. The molecule has 1 saturated heterocycles. The molecule has 0 aromatic heterocycles. The average molecular weight is 246 g/mol. The van der Waals surface area contributed by atoms with Gasteiger partial charge < -0.3 is 10.6 Å². The van der Waals surface area contributed by atoms with E-state index >= 15 is 0 Å². The van der Waals surface area contributed by atoms with Gasteiger partial charge in [-0.2, -0.15) is 0 Å². The van der Waals surface area contributed by atoms with Crippen LogP contribution < -0.4 is 5.73 Å². The monoisotopic (exact) mass is 246 g/mol. The highest BCUT2D eigenvalue weighted by Gasteiger charge is 2.27. The lowest BCUT2D eigenvalue weighted by Gasteiger charge is -2.36. The van der Waals surface area contributed by atoms with Crippen molar-refractivity contribution in [3.05, 3.63) is 35.9 Å². The molecule has 1 fully saturated rings. The third-order valence-electron chi connectivity index (χ3n) is 3.57. The van der Waals surface area contributed by atoms with Crippen LogP contribution in [0.15, 0.2) is 30.3 Å². The predicted octanol–water partition coefficient (Wildman–Crippen LogP) is 2.28. The average Bonchev–Trinajstić information content (AvgIpc) is 2.38. The highest BCUT2D eigenvalue weighted by molar-refractivity contribution is 5.94. The van der Waals surface area contributed by atoms with Crippen LogP contribution in [0.5, 0.6) is 0 Å². The second kappa shape index (κ2) is 6.01. The normalized spacial score (nSPS) is 24.0. The first-order chi connectivity index (χ1) is 8.70. The van der Waals surface area contributed by atoms with Gasteiger partial charge in [0.25, 0.3) is 5.91 Å². The van der Waals surface area contributed by atoms with Gasteiger partial charge in [-0.05, 0) is 30.9 Å². The molecule has 1 aliphatic rings. The minimum atomic E-state index is 0.117. The Bertz CT molecular complexity index is 391. The standard InChI is InChI=1S/C15H22N2O/c1-2-6-12-9-14(16)11-17(10-12)15(18)13-7-4-3-5-8-13/h3-5,7-8,12,14H,2,6,9-11,16H2,1H3. The topological polar surface area (TPSA) is 46.3 Å². The van der Waals surface area contributed by atoms with E-state index in [0.717, 1.165) is 31.4 Å². The first-order valence-electron chi connectivity index (χ1n) is 6.80. The number of hydrogen-bond acceptors (Lipinski definition) is 2. The Morgan fingerprint density at radius 3 is 2.72 bits per heavy atom. The van der Waals surface area contributed by atoms with Gasteiger partial charge in [0.05, 0.1) is 0 Å². The van der Waals surface area contributed by atoms with Crippen LogP contribution in [0.25, 0.3) is 0 Å². The van der Waals surface area contributed by atoms with E-state index in [1.165, 1.54) is 0 Å². The molecule has 3 heteroatoms. The van der Waals surface area contributed by atoms with Crippen molar-refractivity contribution in [2.75, 3.05) is 13.1 Å². The van der Waals surface area contributed by atoms with E-state index in [0.29, 0.717) is 12.5 Å². The number of rotatable bonds is 3. The molecule has 1 amide bonds.